The molecule has 0 aliphatic rings. The second kappa shape index (κ2) is 5.37. The van der Waals surface area contributed by atoms with Crippen molar-refractivity contribution in [3.63, 3.8) is 0 Å². The SMILES string of the molecule is Cc1cc(Br)cc2c(CC(=O)O)c(-c3ccccc3)[nH]c12. The number of nitrogens with one attached hydrogen (secondary N) is 1. The summed E-state index contributed by atoms with van der Waals surface area (Å²) in [5.74, 6) is -0.828. The van der Waals surface area contributed by atoms with E-state index in [4.69, 9.17) is 0 Å². The highest BCUT2D eigenvalue weighted by Gasteiger charge is 2.17. The highest BCUT2D eigenvalue weighted by Crippen LogP contribution is 2.34. The Hall–Kier alpha value is -2.07. The van der Waals surface area contributed by atoms with Crippen LogP contribution in [0.5, 0.6) is 0 Å². The minimum absolute atomic E-state index is 0.000120. The molecule has 106 valence electrons. The van der Waals surface area contributed by atoms with Crippen LogP contribution >= 0.6 is 15.9 Å². The first kappa shape index (κ1) is 13.9. The summed E-state index contributed by atoms with van der Waals surface area (Å²) < 4.78 is 0.956. The lowest BCUT2D eigenvalue weighted by atomic mass is 10.0. The van der Waals surface area contributed by atoms with Crippen LogP contribution in [0.4, 0.5) is 0 Å². The molecule has 1 heterocycles. The van der Waals surface area contributed by atoms with Crippen molar-refractivity contribution in [2.24, 2.45) is 0 Å². The zero-order valence-corrected chi connectivity index (χ0v) is 13.1. The van der Waals surface area contributed by atoms with E-state index in [-0.39, 0.29) is 6.42 Å². The van der Waals surface area contributed by atoms with Crippen LogP contribution in [0.25, 0.3) is 22.2 Å². The third-order valence-corrected chi connectivity index (χ3v) is 4.03. The van der Waals surface area contributed by atoms with E-state index in [9.17, 15) is 9.90 Å². The van der Waals surface area contributed by atoms with Crippen molar-refractivity contribution >= 4 is 32.8 Å². The van der Waals surface area contributed by atoms with Crippen LogP contribution in [0.15, 0.2) is 46.9 Å². The molecule has 0 atom stereocenters. The van der Waals surface area contributed by atoms with Crippen molar-refractivity contribution < 1.29 is 9.90 Å². The van der Waals surface area contributed by atoms with Gasteiger partial charge in [0.15, 0.2) is 0 Å². The molecule has 3 rings (SSSR count). The first-order chi connectivity index (χ1) is 10.1. The van der Waals surface area contributed by atoms with Gasteiger partial charge in [-0.3, -0.25) is 4.79 Å². The molecule has 0 bridgehead atoms. The molecule has 3 nitrogen and oxygen atoms in total. The van der Waals surface area contributed by atoms with Crippen molar-refractivity contribution in [2.45, 2.75) is 13.3 Å². The van der Waals surface area contributed by atoms with Gasteiger partial charge >= 0.3 is 5.97 Å². The highest BCUT2D eigenvalue weighted by molar-refractivity contribution is 9.10. The lowest BCUT2D eigenvalue weighted by Crippen LogP contribution is -2.00. The zero-order valence-electron chi connectivity index (χ0n) is 11.5. The van der Waals surface area contributed by atoms with Gasteiger partial charge in [-0.25, -0.2) is 0 Å². The van der Waals surface area contributed by atoms with Gasteiger partial charge in [-0.1, -0.05) is 46.3 Å². The molecule has 0 amide bonds. The molecule has 0 unspecified atom stereocenters. The fraction of sp³-hybridized carbons (Fsp3) is 0.118. The summed E-state index contributed by atoms with van der Waals surface area (Å²) >= 11 is 3.49. The van der Waals surface area contributed by atoms with E-state index < -0.39 is 5.97 Å². The van der Waals surface area contributed by atoms with E-state index in [1.54, 1.807) is 0 Å². The molecular formula is C17H14BrNO2. The molecule has 21 heavy (non-hydrogen) atoms. The number of carboxylic acids is 1. The summed E-state index contributed by atoms with van der Waals surface area (Å²) in [7, 11) is 0. The zero-order chi connectivity index (χ0) is 15.0. The first-order valence-corrected chi connectivity index (χ1v) is 7.43. The first-order valence-electron chi connectivity index (χ1n) is 6.64. The van der Waals surface area contributed by atoms with Crippen LogP contribution in [0.1, 0.15) is 11.1 Å². The summed E-state index contributed by atoms with van der Waals surface area (Å²) in [5.41, 5.74) is 4.80. The van der Waals surface area contributed by atoms with Gasteiger partial charge in [0.05, 0.1) is 12.1 Å². The number of aryl methyl sites for hydroxylation is 1. The van der Waals surface area contributed by atoms with E-state index >= 15 is 0 Å². The number of hydrogen-bond donors (Lipinski definition) is 2. The number of fused-ring (bicyclic) bond motifs is 1. The number of carboxylic acid groups (broad SMARTS) is 1. The molecule has 0 fully saturated rings. The maximum atomic E-state index is 11.2. The predicted molar refractivity (Wildman–Crippen MR) is 87.5 cm³/mol. The van der Waals surface area contributed by atoms with Crippen molar-refractivity contribution in [1.29, 1.82) is 0 Å². The second-order valence-corrected chi connectivity index (χ2v) is 5.98. The molecule has 2 aromatic carbocycles. The summed E-state index contributed by atoms with van der Waals surface area (Å²) in [6.07, 6.45) is 0.000120. The normalized spacial score (nSPS) is 11.0. The van der Waals surface area contributed by atoms with Crippen LogP contribution in [-0.2, 0) is 11.2 Å². The summed E-state index contributed by atoms with van der Waals surface area (Å²) in [6.45, 7) is 2.02. The van der Waals surface area contributed by atoms with Crippen LogP contribution in [0, 0.1) is 6.92 Å². The number of carbonyl (C=O) groups is 1. The van der Waals surface area contributed by atoms with Gasteiger partial charge in [0.25, 0.3) is 0 Å². The number of hydrogen-bond acceptors (Lipinski definition) is 1. The number of benzene rings is 2. The van der Waals surface area contributed by atoms with Crippen LogP contribution in [0.2, 0.25) is 0 Å². The van der Waals surface area contributed by atoms with Crippen molar-refractivity contribution in [2.75, 3.05) is 0 Å². The lowest BCUT2D eigenvalue weighted by molar-refractivity contribution is -0.136. The second-order valence-electron chi connectivity index (χ2n) is 5.06. The van der Waals surface area contributed by atoms with E-state index in [1.165, 1.54) is 0 Å². The number of H-pyrrole nitrogens is 1. The standard InChI is InChI=1S/C17H14BrNO2/c1-10-7-12(18)8-13-14(9-15(20)21)17(19-16(10)13)11-5-3-2-4-6-11/h2-8,19H,9H2,1H3,(H,20,21). The molecule has 0 saturated heterocycles. The monoisotopic (exact) mass is 343 g/mol. The van der Waals surface area contributed by atoms with Gasteiger partial charge in [-0.2, -0.15) is 0 Å². The number of aromatic nitrogens is 1. The topological polar surface area (TPSA) is 53.1 Å². The fourth-order valence-corrected chi connectivity index (χ4v) is 3.24. The minimum Gasteiger partial charge on any atom is -0.481 e. The molecule has 0 saturated carbocycles. The molecule has 0 spiro atoms. The minimum atomic E-state index is -0.828. The number of aromatic amines is 1. The van der Waals surface area contributed by atoms with Gasteiger partial charge in [0, 0.05) is 15.4 Å². The number of aliphatic carboxylic acids is 1. The molecule has 4 heteroatoms. The number of rotatable bonds is 3. The molecule has 0 aliphatic carbocycles. The molecule has 2 N–H and O–H groups in total. The van der Waals surface area contributed by atoms with Crippen LogP contribution in [0.3, 0.4) is 0 Å². The smallest absolute Gasteiger partial charge is 0.307 e. The third kappa shape index (κ3) is 2.59. The molecule has 3 aromatic rings. The molecule has 0 aliphatic heterocycles. The third-order valence-electron chi connectivity index (χ3n) is 3.57. The molecule has 1 aromatic heterocycles. The van der Waals surface area contributed by atoms with Gasteiger partial charge in [-0.05, 0) is 35.7 Å². The average molecular weight is 344 g/mol. The van der Waals surface area contributed by atoms with Gasteiger partial charge < -0.3 is 10.1 Å². The quantitative estimate of drug-likeness (QED) is 0.733. The highest BCUT2D eigenvalue weighted by atomic mass is 79.9. The lowest BCUT2D eigenvalue weighted by Gasteiger charge is -2.03. The Morgan fingerprint density at radius 3 is 2.62 bits per heavy atom. The maximum absolute atomic E-state index is 11.2. The Labute approximate surface area is 130 Å². The van der Waals surface area contributed by atoms with E-state index in [0.717, 1.165) is 37.8 Å². The average Bonchev–Trinajstić information content (AvgIpc) is 2.78. The Morgan fingerprint density at radius 1 is 1.24 bits per heavy atom. The van der Waals surface area contributed by atoms with Gasteiger partial charge in [0.1, 0.15) is 0 Å². The van der Waals surface area contributed by atoms with Gasteiger partial charge in [0.2, 0.25) is 0 Å². The summed E-state index contributed by atoms with van der Waals surface area (Å²) in [4.78, 5) is 14.6. The fourth-order valence-electron chi connectivity index (χ4n) is 2.67. The predicted octanol–water partition coefficient (Wildman–Crippen LogP) is 4.53. The van der Waals surface area contributed by atoms with Crippen molar-refractivity contribution in [1.82, 2.24) is 4.98 Å². The maximum Gasteiger partial charge on any atom is 0.307 e. The van der Waals surface area contributed by atoms with Crippen molar-refractivity contribution in [3.05, 3.63) is 58.1 Å². The van der Waals surface area contributed by atoms with Crippen LogP contribution in [-0.4, -0.2) is 16.1 Å². The number of halogens is 1. The Morgan fingerprint density at radius 2 is 1.95 bits per heavy atom. The van der Waals surface area contributed by atoms with Crippen molar-refractivity contribution in [3.8, 4) is 11.3 Å². The molecular weight excluding hydrogens is 330 g/mol. The Bertz CT molecular complexity index is 822. The van der Waals surface area contributed by atoms with E-state index in [1.807, 2.05) is 49.4 Å². The van der Waals surface area contributed by atoms with E-state index in [2.05, 4.69) is 20.9 Å². The Balaban J connectivity index is 2.33. The Kier molecular flexibility index (Phi) is 3.55. The van der Waals surface area contributed by atoms with Crippen LogP contribution < -0.4 is 0 Å². The van der Waals surface area contributed by atoms with Gasteiger partial charge in [-0.15, -0.1) is 0 Å². The molecule has 0 radical (unpaired) electrons. The largest absolute Gasteiger partial charge is 0.481 e. The van der Waals surface area contributed by atoms with E-state index in [0.29, 0.717) is 0 Å². The summed E-state index contributed by atoms with van der Waals surface area (Å²) in [6, 6.07) is 13.8. The summed E-state index contributed by atoms with van der Waals surface area (Å²) in [5, 5.41) is 10.2.